The van der Waals surface area contributed by atoms with E-state index < -0.39 is 0 Å². The van der Waals surface area contributed by atoms with Crippen molar-refractivity contribution < 1.29 is 4.42 Å². The van der Waals surface area contributed by atoms with E-state index in [1.165, 1.54) is 14.9 Å². The van der Waals surface area contributed by atoms with Crippen molar-refractivity contribution in [1.29, 1.82) is 0 Å². The molecule has 3 rings (SSSR count). The van der Waals surface area contributed by atoms with Gasteiger partial charge in [0.1, 0.15) is 4.83 Å². The van der Waals surface area contributed by atoms with Gasteiger partial charge >= 0.3 is 5.63 Å². The zero-order chi connectivity index (χ0) is 13.4. The quantitative estimate of drug-likeness (QED) is 0.633. The zero-order valence-corrected chi connectivity index (χ0v) is 13.1. The summed E-state index contributed by atoms with van der Waals surface area (Å²) in [4.78, 5) is 17.1. The molecule has 0 N–H and O–H groups in total. The van der Waals surface area contributed by atoms with Gasteiger partial charge in [-0.05, 0) is 58.2 Å². The summed E-state index contributed by atoms with van der Waals surface area (Å²) < 4.78 is 6.48. The minimum absolute atomic E-state index is 0.288. The normalized spacial score (nSPS) is 11.1. The first kappa shape index (κ1) is 12.8. The number of aryl methyl sites for hydroxylation is 1. The third-order valence-electron chi connectivity index (χ3n) is 2.87. The molecule has 0 aliphatic carbocycles. The Bertz CT molecular complexity index is 789. The van der Waals surface area contributed by atoms with E-state index in [1.807, 2.05) is 36.6 Å². The maximum absolute atomic E-state index is 11.9. The molecule has 0 spiro atoms. The van der Waals surface area contributed by atoms with Crippen molar-refractivity contribution in [3.05, 3.63) is 60.7 Å². The monoisotopic (exact) mass is 383 g/mol. The van der Waals surface area contributed by atoms with Crippen LogP contribution in [0.3, 0.4) is 0 Å². The van der Waals surface area contributed by atoms with Crippen LogP contribution in [0.1, 0.15) is 17.0 Å². The Hall–Kier alpha value is -1.21. The van der Waals surface area contributed by atoms with E-state index >= 15 is 0 Å². The number of rotatable bonds is 2. The van der Waals surface area contributed by atoms with Gasteiger partial charge in [0.25, 0.3) is 0 Å². The van der Waals surface area contributed by atoms with Crippen molar-refractivity contribution in [2.75, 3.05) is 0 Å². The number of aromatic nitrogens is 1. The van der Waals surface area contributed by atoms with Crippen molar-refractivity contribution in [2.24, 2.45) is 0 Å². The molecule has 0 bridgehead atoms. The van der Waals surface area contributed by atoms with Gasteiger partial charge in [0, 0.05) is 9.99 Å². The van der Waals surface area contributed by atoms with Crippen molar-refractivity contribution in [1.82, 2.24) is 4.98 Å². The van der Waals surface area contributed by atoms with Gasteiger partial charge in [0.2, 0.25) is 5.89 Å². The molecule has 0 aliphatic rings. The van der Waals surface area contributed by atoms with Gasteiger partial charge in [0.15, 0.2) is 0 Å². The first-order valence-corrected chi connectivity index (χ1v) is 7.71. The average molecular weight is 383 g/mol. The van der Waals surface area contributed by atoms with Gasteiger partial charge in [-0.1, -0.05) is 12.1 Å². The fourth-order valence-electron chi connectivity index (χ4n) is 1.91. The predicted molar refractivity (Wildman–Crippen MR) is 84.9 cm³/mol. The van der Waals surface area contributed by atoms with Crippen molar-refractivity contribution in [3.63, 3.8) is 0 Å². The zero-order valence-electron chi connectivity index (χ0n) is 10.1. The molecule has 3 aromatic rings. The summed E-state index contributed by atoms with van der Waals surface area (Å²) in [6, 6.07) is 8.10. The fourth-order valence-corrected chi connectivity index (χ4v) is 3.19. The molecule has 5 heteroatoms. The average Bonchev–Trinajstić information content (AvgIpc) is 2.74. The molecular formula is C14H10INO2S. The van der Waals surface area contributed by atoms with Gasteiger partial charge in [-0.25, -0.2) is 9.78 Å². The van der Waals surface area contributed by atoms with E-state index in [0.717, 1.165) is 16.0 Å². The van der Waals surface area contributed by atoms with E-state index in [1.54, 1.807) is 0 Å². The Balaban J connectivity index is 2.02. The van der Waals surface area contributed by atoms with Crippen LogP contribution in [-0.4, -0.2) is 4.98 Å². The molecule has 0 saturated heterocycles. The molecular weight excluding hydrogens is 373 g/mol. The summed E-state index contributed by atoms with van der Waals surface area (Å²) in [5, 5.41) is 2.54. The highest BCUT2D eigenvalue weighted by molar-refractivity contribution is 14.1. The van der Waals surface area contributed by atoms with Crippen LogP contribution in [0.15, 0.2) is 38.9 Å². The number of hydrogen-bond donors (Lipinski definition) is 0. The third-order valence-corrected chi connectivity index (χ3v) is 4.57. The molecule has 19 heavy (non-hydrogen) atoms. The fraction of sp³-hybridized carbons (Fsp3) is 0.143. The van der Waals surface area contributed by atoms with Crippen LogP contribution in [-0.2, 0) is 6.42 Å². The number of halogens is 1. The molecule has 0 amide bonds. The van der Waals surface area contributed by atoms with E-state index in [9.17, 15) is 4.79 Å². The molecule has 0 saturated carbocycles. The van der Waals surface area contributed by atoms with Gasteiger partial charge in [0.05, 0.1) is 5.39 Å². The van der Waals surface area contributed by atoms with Gasteiger partial charge in [-0.15, -0.1) is 11.3 Å². The van der Waals surface area contributed by atoms with Crippen molar-refractivity contribution in [3.8, 4) is 0 Å². The third kappa shape index (κ3) is 2.57. The van der Waals surface area contributed by atoms with Gasteiger partial charge in [-0.3, -0.25) is 0 Å². The Morgan fingerprint density at radius 1 is 1.32 bits per heavy atom. The molecule has 0 aliphatic heterocycles. The van der Waals surface area contributed by atoms with Crippen molar-refractivity contribution in [2.45, 2.75) is 13.3 Å². The molecule has 0 atom stereocenters. The largest absolute Gasteiger partial charge is 0.407 e. The standard InChI is InChI=1S/C14H10INO2S/c1-8-7-19-13-12(8)14(17)18-11(16-13)6-9-2-4-10(15)5-3-9/h2-5,7H,6H2,1H3. The summed E-state index contributed by atoms with van der Waals surface area (Å²) in [6.45, 7) is 1.90. The smallest absolute Gasteiger partial charge is 0.348 e. The van der Waals surface area contributed by atoms with Crippen LogP contribution in [0.2, 0.25) is 0 Å². The summed E-state index contributed by atoms with van der Waals surface area (Å²) in [5.41, 5.74) is 1.73. The minimum Gasteiger partial charge on any atom is -0.407 e. The molecule has 0 unspecified atom stereocenters. The highest BCUT2D eigenvalue weighted by Crippen LogP contribution is 2.21. The molecule has 0 fully saturated rings. The Morgan fingerprint density at radius 3 is 2.79 bits per heavy atom. The second kappa shape index (κ2) is 5.05. The van der Waals surface area contributed by atoms with E-state index in [0.29, 0.717) is 17.7 Å². The van der Waals surface area contributed by atoms with Gasteiger partial charge in [-0.2, -0.15) is 0 Å². The molecule has 96 valence electrons. The summed E-state index contributed by atoms with van der Waals surface area (Å²) >= 11 is 3.74. The molecule has 2 aromatic heterocycles. The van der Waals surface area contributed by atoms with Crippen LogP contribution >= 0.6 is 33.9 Å². The van der Waals surface area contributed by atoms with Crippen LogP contribution in [0.4, 0.5) is 0 Å². The van der Waals surface area contributed by atoms with Crippen LogP contribution in [0.25, 0.3) is 10.2 Å². The summed E-state index contributed by atoms with van der Waals surface area (Å²) in [6.07, 6.45) is 0.541. The summed E-state index contributed by atoms with van der Waals surface area (Å²) in [5.74, 6) is 0.473. The van der Waals surface area contributed by atoms with E-state index in [2.05, 4.69) is 27.6 Å². The predicted octanol–water partition coefficient (Wildman–Crippen LogP) is 3.75. The number of nitrogens with zero attached hydrogens (tertiary/aromatic N) is 1. The first-order valence-electron chi connectivity index (χ1n) is 5.76. The molecule has 3 nitrogen and oxygen atoms in total. The lowest BCUT2D eigenvalue weighted by molar-refractivity contribution is 0.455. The lowest BCUT2D eigenvalue weighted by Crippen LogP contribution is -2.05. The second-order valence-electron chi connectivity index (χ2n) is 4.30. The highest BCUT2D eigenvalue weighted by atomic mass is 127. The highest BCUT2D eigenvalue weighted by Gasteiger charge is 2.10. The summed E-state index contributed by atoms with van der Waals surface area (Å²) in [7, 11) is 0. The molecule has 0 radical (unpaired) electrons. The maximum Gasteiger partial charge on any atom is 0.348 e. The Labute approximate surface area is 127 Å². The lowest BCUT2D eigenvalue weighted by Gasteiger charge is -2.00. The van der Waals surface area contributed by atoms with Crippen LogP contribution < -0.4 is 5.63 Å². The van der Waals surface area contributed by atoms with E-state index in [-0.39, 0.29) is 5.63 Å². The molecule has 2 heterocycles. The van der Waals surface area contributed by atoms with Crippen molar-refractivity contribution >= 4 is 44.1 Å². The Morgan fingerprint density at radius 2 is 2.05 bits per heavy atom. The maximum atomic E-state index is 11.9. The van der Waals surface area contributed by atoms with Crippen LogP contribution in [0, 0.1) is 10.5 Å². The lowest BCUT2D eigenvalue weighted by atomic mass is 10.1. The molecule has 1 aromatic carbocycles. The number of fused-ring (bicyclic) bond motifs is 1. The Kier molecular flexibility index (Phi) is 3.40. The van der Waals surface area contributed by atoms with E-state index in [4.69, 9.17) is 4.42 Å². The number of benzene rings is 1. The second-order valence-corrected chi connectivity index (χ2v) is 6.40. The SMILES string of the molecule is Cc1csc2nc(Cc3ccc(I)cc3)oc(=O)c12. The number of thiophene rings is 1. The topological polar surface area (TPSA) is 43.1 Å². The first-order chi connectivity index (χ1) is 9.13. The van der Waals surface area contributed by atoms with Gasteiger partial charge < -0.3 is 4.42 Å². The van der Waals surface area contributed by atoms with Crippen LogP contribution in [0.5, 0.6) is 0 Å². The minimum atomic E-state index is -0.288. The number of hydrogen-bond acceptors (Lipinski definition) is 4.